The van der Waals surface area contributed by atoms with Gasteiger partial charge in [-0.2, -0.15) is 10.1 Å². The van der Waals surface area contributed by atoms with E-state index in [0.29, 0.717) is 16.5 Å². The van der Waals surface area contributed by atoms with Crippen molar-refractivity contribution in [3.05, 3.63) is 59.5 Å². The van der Waals surface area contributed by atoms with Gasteiger partial charge in [0, 0.05) is 11.1 Å². The highest BCUT2D eigenvalue weighted by Gasteiger charge is 2.15. The van der Waals surface area contributed by atoms with Gasteiger partial charge in [-0.05, 0) is 37.6 Å². The monoisotopic (exact) mass is 325 g/mol. The van der Waals surface area contributed by atoms with Crippen molar-refractivity contribution in [3.63, 3.8) is 0 Å². The number of nitrogens with zero attached hydrogens (tertiary/aromatic N) is 3. The summed E-state index contributed by atoms with van der Waals surface area (Å²) in [6.07, 6.45) is 3.02. The minimum atomic E-state index is -0.276. The van der Waals surface area contributed by atoms with Gasteiger partial charge in [0.2, 0.25) is 5.95 Å². The number of aromatic nitrogens is 4. The normalized spacial score (nSPS) is 10.5. The first-order valence-electron chi connectivity index (χ1n) is 7.00. The van der Waals surface area contributed by atoms with E-state index in [1.54, 1.807) is 18.3 Å². The summed E-state index contributed by atoms with van der Waals surface area (Å²) in [7, 11) is 0. The highest BCUT2D eigenvalue weighted by molar-refractivity contribution is 7.99. The number of amides is 1. The second-order valence-corrected chi connectivity index (χ2v) is 6.05. The zero-order chi connectivity index (χ0) is 16.2. The smallest absolute Gasteiger partial charge is 0.260 e. The molecule has 0 fully saturated rings. The Morgan fingerprint density at radius 1 is 1.22 bits per heavy atom. The van der Waals surface area contributed by atoms with Crippen LogP contribution in [-0.4, -0.2) is 26.1 Å². The van der Waals surface area contributed by atoms with Crippen molar-refractivity contribution >= 4 is 23.6 Å². The molecule has 0 saturated heterocycles. The number of nitrogens with one attached hydrogen (secondary N) is 2. The summed E-state index contributed by atoms with van der Waals surface area (Å²) in [4.78, 5) is 21.7. The molecule has 0 aliphatic carbocycles. The predicted molar refractivity (Wildman–Crippen MR) is 88.6 cm³/mol. The molecule has 3 aromatic rings. The molecule has 0 aliphatic rings. The number of carbonyl (C=O) groups excluding carboxylic acids is 1. The predicted octanol–water partition coefficient (Wildman–Crippen LogP) is 3.22. The zero-order valence-electron chi connectivity index (χ0n) is 12.7. The molecule has 3 rings (SSSR count). The molecule has 2 heterocycles. The maximum atomic E-state index is 12.4. The van der Waals surface area contributed by atoms with E-state index >= 15 is 0 Å². The quantitative estimate of drug-likeness (QED) is 0.769. The molecule has 1 aromatic carbocycles. The number of benzene rings is 1. The fraction of sp³-hybridized carbons (Fsp3) is 0.125. The van der Waals surface area contributed by atoms with Crippen LogP contribution < -0.4 is 5.32 Å². The fourth-order valence-electron chi connectivity index (χ4n) is 2.10. The fourth-order valence-corrected chi connectivity index (χ4v) is 3.05. The van der Waals surface area contributed by atoms with Gasteiger partial charge in [-0.3, -0.25) is 10.1 Å². The zero-order valence-corrected chi connectivity index (χ0v) is 13.5. The number of aromatic amines is 1. The molecule has 0 radical (unpaired) electrons. The lowest BCUT2D eigenvalue weighted by Gasteiger charge is -2.09. The lowest BCUT2D eigenvalue weighted by molar-refractivity contribution is 0.102. The number of hydrogen-bond acceptors (Lipinski definition) is 5. The summed E-state index contributed by atoms with van der Waals surface area (Å²) < 4.78 is 0. The number of hydrogen-bond donors (Lipinski definition) is 2. The van der Waals surface area contributed by atoms with Crippen molar-refractivity contribution in [2.45, 2.75) is 23.8 Å². The molecular weight excluding hydrogens is 310 g/mol. The topological polar surface area (TPSA) is 83.6 Å². The van der Waals surface area contributed by atoms with E-state index < -0.39 is 0 Å². The van der Waals surface area contributed by atoms with E-state index in [1.807, 2.05) is 19.1 Å². The van der Waals surface area contributed by atoms with E-state index in [2.05, 4.69) is 38.5 Å². The molecule has 0 spiro atoms. The Kier molecular flexibility index (Phi) is 4.38. The molecule has 7 heteroatoms. The van der Waals surface area contributed by atoms with Gasteiger partial charge < -0.3 is 0 Å². The lowest BCUT2D eigenvalue weighted by Crippen LogP contribution is -2.14. The Hall–Kier alpha value is -2.67. The van der Waals surface area contributed by atoms with Crippen LogP contribution in [0.2, 0.25) is 0 Å². The third kappa shape index (κ3) is 3.57. The molecule has 0 atom stereocenters. The van der Waals surface area contributed by atoms with Crippen LogP contribution in [0.25, 0.3) is 0 Å². The molecule has 0 bridgehead atoms. The largest absolute Gasteiger partial charge is 0.291 e. The van der Waals surface area contributed by atoms with E-state index in [0.717, 1.165) is 10.5 Å². The second-order valence-electron chi connectivity index (χ2n) is 5.02. The van der Waals surface area contributed by atoms with Crippen molar-refractivity contribution in [2.75, 3.05) is 5.32 Å². The van der Waals surface area contributed by atoms with Crippen molar-refractivity contribution < 1.29 is 4.79 Å². The first-order chi connectivity index (χ1) is 11.1. The first-order valence-corrected chi connectivity index (χ1v) is 7.82. The Morgan fingerprint density at radius 2 is 2.09 bits per heavy atom. The SMILES string of the molecule is Cc1ccc(Sc2ncccc2C(=O)Nc2ncn[nH]2)c(C)c1. The van der Waals surface area contributed by atoms with Crippen molar-refractivity contribution in [3.8, 4) is 0 Å². The van der Waals surface area contributed by atoms with Crippen LogP contribution in [0.15, 0.2) is 52.8 Å². The molecule has 23 heavy (non-hydrogen) atoms. The Bertz CT molecular complexity index is 832. The number of rotatable bonds is 4. The third-order valence-electron chi connectivity index (χ3n) is 3.20. The number of pyridine rings is 1. The van der Waals surface area contributed by atoms with Gasteiger partial charge in [0.15, 0.2) is 0 Å². The maximum Gasteiger partial charge on any atom is 0.260 e. The van der Waals surface area contributed by atoms with Crippen molar-refractivity contribution in [2.24, 2.45) is 0 Å². The molecular formula is C16H15N5OS. The van der Waals surface area contributed by atoms with Crippen LogP contribution in [-0.2, 0) is 0 Å². The average molecular weight is 325 g/mol. The van der Waals surface area contributed by atoms with Crippen LogP contribution in [0, 0.1) is 13.8 Å². The first kappa shape index (κ1) is 15.2. The minimum absolute atomic E-state index is 0.276. The lowest BCUT2D eigenvalue weighted by atomic mass is 10.2. The molecule has 0 saturated carbocycles. The molecule has 2 aromatic heterocycles. The van der Waals surface area contributed by atoms with Gasteiger partial charge in [0.1, 0.15) is 11.4 Å². The summed E-state index contributed by atoms with van der Waals surface area (Å²) in [5.41, 5.74) is 2.85. The molecule has 1 amide bonds. The Labute approximate surface area is 137 Å². The van der Waals surface area contributed by atoms with Gasteiger partial charge in [-0.1, -0.05) is 29.5 Å². The van der Waals surface area contributed by atoms with E-state index in [-0.39, 0.29) is 5.91 Å². The minimum Gasteiger partial charge on any atom is -0.291 e. The Balaban J connectivity index is 1.87. The number of carbonyl (C=O) groups is 1. The summed E-state index contributed by atoms with van der Waals surface area (Å²) in [6.45, 7) is 4.10. The van der Waals surface area contributed by atoms with Gasteiger partial charge in [-0.25, -0.2) is 10.1 Å². The summed E-state index contributed by atoms with van der Waals surface area (Å²) in [5, 5.41) is 9.63. The van der Waals surface area contributed by atoms with E-state index in [1.165, 1.54) is 23.7 Å². The summed E-state index contributed by atoms with van der Waals surface area (Å²) in [5.74, 6) is 0.0310. The van der Waals surface area contributed by atoms with Crippen LogP contribution >= 0.6 is 11.8 Å². The van der Waals surface area contributed by atoms with Crippen LogP contribution in [0.5, 0.6) is 0 Å². The van der Waals surface area contributed by atoms with E-state index in [4.69, 9.17) is 0 Å². The van der Waals surface area contributed by atoms with Crippen molar-refractivity contribution in [1.82, 2.24) is 20.2 Å². The van der Waals surface area contributed by atoms with E-state index in [9.17, 15) is 4.79 Å². The average Bonchev–Trinajstić information content (AvgIpc) is 3.03. The summed E-state index contributed by atoms with van der Waals surface area (Å²) in [6, 6.07) is 9.68. The maximum absolute atomic E-state index is 12.4. The number of anilines is 1. The van der Waals surface area contributed by atoms with Gasteiger partial charge >= 0.3 is 0 Å². The van der Waals surface area contributed by atoms with Gasteiger partial charge in [0.05, 0.1) is 5.56 Å². The molecule has 0 aliphatic heterocycles. The summed E-state index contributed by atoms with van der Waals surface area (Å²) >= 11 is 1.47. The number of H-pyrrole nitrogens is 1. The molecule has 6 nitrogen and oxygen atoms in total. The molecule has 2 N–H and O–H groups in total. The third-order valence-corrected chi connectivity index (χ3v) is 4.40. The van der Waals surface area contributed by atoms with Gasteiger partial charge in [0.25, 0.3) is 5.91 Å². The van der Waals surface area contributed by atoms with Crippen LogP contribution in [0.3, 0.4) is 0 Å². The standard InChI is InChI=1S/C16H15N5OS/c1-10-5-6-13(11(2)8-10)23-15-12(4-3-7-17-15)14(22)20-16-18-9-19-21-16/h3-9H,1-2H3,(H2,18,19,20,21,22). The second kappa shape index (κ2) is 6.62. The molecule has 116 valence electrons. The van der Waals surface area contributed by atoms with Gasteiger partial charge in [-0.15, -0.1) is 0 Å². The molecule has 0 unspecified atom stereocenters. The Morgan fingerprint density at radius 3 is 2.83 bits per heavy atom. The van der Waals surface area contributed by atoms with Crippen LogP contribution in [0.1, 0.15) is 21.5 Å². The van der Waals surface area contributed by atoms with Crippen LogP contribution in [0.4, 0.5) is 5.95 Å². The van der Waals surface area contributed by atoms with Crippen molar-refractivity contribution in [1.29, 1.82) is 0 Å². The number of aryl methyl sites for hydroxylation is 2. The highest BCUT2D eigenvalue weighted by Crippen LogP contribution is 2.31. The highest BCUT2D eigenvalue weighted by atomic mass is 32.2.